The first kappa shape index (κ1) is 19.1. The standard InChI is InChI=1S/C19H25N3O3S2/c23-18(14-27-19-20-16-4-1-2-5-17(16)25-19)22-6-3-11-26-13-15(22)12-21-7-9-24-10-8-21/h1-2,4-5,15H,3,6-14H2. The maximum atomic E-state index is 13.0. The molecule has 2 aliphatic rings. The number of aromatic nitrogens is 1. The summed E-state index contributed by atoms with van der Waals surface area (Å²) < 4.78 is 11.2. The van der Waals surface area contributed by atoms with Gasteiger partial charge in [-0.3, -0.25) is 9.69 Å². The van der Waals surface area contributed by atoms with Crippen LogP contribution in [0.3, 0.4) is 0 Å². The van der Waals surface area contributed by atoms with Crippen molar-refractivity contribution in [3.8, 4) is 0 Å². The monoisotopic (exact) mass is 407 g/mol. The fourth-order valence-corrected chi connectivity index (χ4v) is 5.29. The van der Waals surface area contributed by atoms with E-state index in [-0.39, 0.29) is 11.9 Å². The van der Waals surface area contributed by atoms with Crippen LogP contribution < -0.4 is 0 Å². The van der Waals surface area contributed by atoms with Gasteiger partial charge in [-0.15, -0.1) is 0 Å². The van der Waals surface area contributed by atoms with Gasteiger partial charge in [-0.1, -0.05) is 23.9 Å². The number of carbonyl (C=O) groups is 1. The number of para-hydroxylation sites is 2. The third-order valence-corrected chi connectivity index (χ3v) is 6.94. The Balaban J connectivity index is 1.37. The molecule has 2 fully saturated rings. The number of oxazole rings is 1. The Morgan fingerprint density at radius 1 is 1.26 bits per heavy atom. The number of hydrogen-bond acceptors (Lipinski definition) is 7. The summed E-state index contributed by atoms with van der Waals surface area (Å²) >= 11 is 3.35. The zero-order valence-electron chi connectivity index (χ0n) is 15.3. The van der Waals surface area contributed by atoms with E-state index in [1.807, 2.05) is 36.0 Å². The van der Waals surface area contributed by atoms with Crippen molar-refractivity contribution < 1.29 is 13.9 Å². The first-order chi connectivity index (χ1) is 13.3. The van der Waals surface area contributed by atoms with Gasteiger partial charge in [0.05, 0.1) is 25.0 Å². The van der Waals surface area contributed by atoms with E-state index >= 15 is 0 Å². The summed E-state index contributed by atoms with van der Waals surface area (Å²) in [4.78, 5) is 21.9. The van der Waals surface area contributed by atoms with Gasteiger partial charge in [-0.05, 0) is 24.3 Å². The maximum Gasteiger partial charge on any atom is 0.257 e. The molecule has 146 valence electrons. The molecule has 0 bridgehead atoms. The summed E-state index contributed by atoms with van der Waals surface area (Å²) in [5.74, 6) is 2.69. The summed E-state index contributed by atoms with van der Waals surface area (Å²) in [7, 11) is 0. The zero-order chi connectivity index (χ0) is 18.5. The molecule has 0 radical (unpaired) electrons. The predicted molar refractivity (Wildman–Crippen MR) is 109 cm³/mol. The molecule has 1 aromatic heterocycles. The van der Waals surface area contributed by atoms with E-state index in [4.69, 9.17) is 9.15 Å². The highest BCUT2D eigenvalue weighted by atomic mass is 32.2. The average molecular weight is 408 g/mol. The van der Waals surface area contributed by atoms with Crippen LogP contribution in [0.2, 0.25) is 0 Å². The molecule has 0 saturated carbocycles. The van der Waals surface area contributed by atoms with Gasteiger partial charge in [0.25, 0.3) is 5.22 Å². The number of rotatable bonds is 5. The molecule has 1 amide bonds. The van der Waals surface area contributed by atoms with Crippen molar-refractivity contribution in [2.75, 3.05) is 56.7 Å². The maximum absolute atomic E-state index is 13.0. The summed E-state index contributed by atoms with van der Waals surface area (Å²) in [5, 5.41) is 0.568. The number of amides is 1. The van der Waals surface area contributed by atoms with Crippen LogP contribution >= 0.6 is 23.5 Å². The van der Waals surface area contributed by atoms with E-state index in [1.54, 1.807) is 0 Å². The highest BCUT2D eigenvalue weighted by Gasteiger charge is 2.28. The number of benzene rings is 1. The first-order valence-corrected chi connectivity index (χ1v) is 11.6. The second kappa shape index (κ2) is 9.32. The van der Waals surface area contributed by atoms with Crippen molar-refractivity contribution in [2.24, 2.45) is 0 Å². The van der Waals surface area contributed by atoms with Crippen LogP contribution in [0.25, 0.3) is 11.1 Å². The number of ether oxygens (including phenoxy) is 1. The third kappa shape index (κ3) is 4.99. The largest absolute Gasteiger partial charge is 0.431 e. The third-order valence-electron chi connectivity index (χ3n) is 4.93. The molecule has 1 atom stereocenters. The van der Waals surface area contributed by atoms with Crippen molar-refractivity contribution in [3.63, 3.8) is 0 Å². The van der Waals surface area contributed by atoms with Crippen LogP contribution in [0, 0.1) is 0 Å². The second-order valence-electron chi connectivity index (χ2n) is 6.82. The quantitative estimate of drug-likeness (QED) is 0.706. The number of nitrogens with zero attached hydrogens (tertiary/aromatic N) is 3. The Morgan fingerprint density at radius 3 is 2.96 bits per heavy atom. The normalized spacial score (nSPS) is 22.1. The number of thioether (sulfide) groups is 2. The van der Waals surface area contributed by atoms with Crippen molar-refractivity contribution in [3.05, 3.63) is 24.3 Å². The van der Waals surface area contributed by atoms with Crippen LogP contribution in [-0.4, -0.2) is 83.4 Å². The Labute approximate surface area is 168 Å². The molecule has 6 nitrogen and oxygen atoms in total. The number of morpholine rings is 1. The van der Waals surface area contributed by atoms with Crippen LogP contribution in [0.15, 0.2) is 33.9 Å². The molecule has 0 aliphatic carbocycles. The molecule has 2 aliphatic heterocycles. The number of fused-ring (bicyclic) bond motifs is 1. The van der Waals surface area contributed by atoms with E-state index in [0.29, 0.717) is 11.0 Å². The molecule has 1 unspecified atom stereocenters. The second-order valence-corrected chi connectivity index (χ2v) is 8.89. The summed E-state index contributed by atoms with van der Waals surface area (Å²) in [6.45, 7) is 5.29. The smallest absolute Gasteiger partial charge is 0.257 e. The lowest BCUT2D eigenvalue weighted by Gasteiger charge is -2.35. The van der Waals surface area contributed by atoms with Gasteiger partial charge in [-0.25, -0.2) is 4.98 Å². The van der Waals surface area contributed by atoms with Gasteiger partial charge in [0.15, 0.2) is 5.58 Å². The highest BCUT2D eigenvalue weighted by Crippen LogP contribution is 2.25. The average Bonchev–Trinajstić information content (AvgIpc) is 2.98. The summed E-state index contributed by atoms with van der Waals surface area (Å²) in [5.41, 5.74) is 1.60. The lowest BCUT2D eigenvalue weighted by atomic mass is 10.2. The molecule has 2 saturated heterocycles. The van der Waals surface area contributed by atoms with E-state index in [1.165, 1.54) is 11.8 Å². The lowest BCUT2D eigenvalue weighted by Crippen LogP contribution is -2.50. The van der Waals surface area contributed by atoms with Crippen LogP contribution in [0.1, 0.15) is 6.42 Å². The topological polar surface area (TPSA) is 58.8 Å². The number of carbonyl (C=O) groups excluding carboxylic acids is 1. The van der Waals surface area contributed by atoms with Crippen LogP contribution in [-0.2, 0) is 9.53 Å². The molecule has 0 N–H and O–H groups in total. The van der Waals surface area contributed by atoms with Gasteiger partial charge in [0, 0.05) is 31.9 Å². The Hall–Kier alpha value is -1.22. The van der Waals surface area contributed by atoms with Gasteiger partial charge in [-0.2, -0.15) is 11.8 Å². The molecule has 1 aromatic carbocycles. The van der Waals surface area contributed by atoms with E-state index < -0.39 is 0 Å². The molecule has 27 heavy (non-hydrogen) atoms. The minimum atomic E-state index is 0.183. The first-order valence-electron chi connectivity index (χ1n) is 9.45. The van der Waals surface area contributed by atoms with Gasteiger partial charge in [0.1, 0.15) is 5.52 Å². The van der Waals surface area contributed by atoms with E-state index in [2.05, 4.69) is 14.8 Å². The zero-order valence-corrected chi connectivity index (χ0v) is 17.0. The van der Waals surface area contributed by atoms with Crippen molar-refractivity contribution >= 4 is 40.5 Å². The Morgan fingerprint density at radius 2 is 2.11 bits per heavy atom. The van der Waals surface area contributed by atoms with Crippen molar-refractivity contribution in [2.45, 2.75) is 17.7 Å². The highest BCUT2D eigenvalue weighted by molar-refractivity contribution is 7.99. The van der Waals surface area contributed by atoms with Gasteiger partial charge < -0.3 is 14.1 Å². The Kier molecular flexibility index (Phi) is 6.60. The van der Waals surface area contributed by atoms with Crippen LogP contribution in [0.5, 0.6) is 0 Å². The molecular formula is C19H25N3O3S2. The minimum absolute atomic E-state index is 0.183. The van der Waals surface area contributed by atoms with Gasteiger partial charge in [0.2, 0.25) is 5.91 Å². The lowest BCUT2D eigenvalue weighted by molar-refractivity contribution is -0.130. The van der Waals surface area contributed by atoms with E-state index in [0.717, 1.165) is 68.4 Å². The number of hydrogen-bond donors (Lipinski definition) is 0. The SMILES string of the molecule is O=C(CSc1nc2ccccc2o1)N1CCCSCC1CN1CCOCC1. The van der Waals surface area contributed by atoms with Crippen molar-refractivity contribution in [1.82, 2.24) is 14.8 Å². The molecular weight excluding hydrogens is 382 g/mol. The minimum Gasteiger partial charge on any atom is -0.431 e. The summed E-state index contributed by atoms with van der Waals surface area (Å²) in [6.07, 6.45) is 1.06. The molecule has 0 spiro atoms. The van der Waals surface area contributed by atoms with Crippen LogP contribution in [0.4, 0.5) is 0 Å². The van der Waals surface area contributed by atoms with Gasteiger partial charge >= 0.3 is 0 Å². The molecule has 2 aromatic rings. The van der Waals surface area contributed by atoms with Crippen molar-refractivity contribution in [1.29, 1.82) is 0 Å². The summed E-state index contributed by atoms with van der Waals surface area (Å²) in [6, 6.07) is 7.97. The molecule has 3 heterocycles. The predicted octanol–water partition coefficient (Wildman–Crippen LogP) is 2.59. The Bertz CT molecular complexity index is 730. The molecule has 4 rings (SSSR count). The fraction of sp³-hybridized carbons (Fsp3) is 0.579. The van der Waals surface area contributed by atoms with E-state index in [9.17, 15) is 4.79 Å². The molecule has 8 heteroatoms. The fourth-order valence-electron chi connectivity index (χ4n) is 3.51.